The van der Waals surface area contributed by atoms with E-state index in [-0.39, 0.29) is 5.54 Å². The Morgan fingerprint density at radius 3 is 2.37 bits per heavy atom. The van der Waals surface area contributed by atoms with Crippen molar-refractivity contribution in [3.05, 3.63) is 0 Å². The predicted molar refractivity (Wildman–Crippen MR) is 79.6 cm³/mol. The van der Waals surface area contributed by atoms with Gasteiger partial charge in [0.05, 0.1) is 19.8 Å². The average molecular weight is 272 g/mol. The molecule has 0 aromatic carbocycles. The lowest BCUT2D eigenvalue weighted by atomic mass is 9.95. The molecule has 1 heterocycles. The van der Waals surface area contributed by atoms with Crippen LogP contribution in [0.2, 0.25) is 0 Å². The number of hydrogen-bond donors (Lipinski definition) is 1. The number of rotatable bonds is 8. The van der Waals surface area contributed by atoms with Gasteiger partial charge in [0.1, 0.15) is 0 Å². The van der Waals surface area contributed by atoms with E-state index in [0.29, 0.717) is 13.2 Å². The summed E-state index contributed by atoms with van der Waals surface area (Å²) in [6, 6.07) is 0. The van der Waals surface area contributed by atoms with Gasteiger partial charge in [-0.05, 0) is 59.2 Å². The summed E-state index contributed by atoms with van der Waals surface area (Å²) in [6.45, 7) is 13.6. The van der Waals surface area contributed by atoms with Gasteiger partial charge < -0.3 is 19.7 Å². The second-order valence-electron chi connectivity index (χ2n) is 6.52. The molecule has 1 saturated heterocycles. The van der Waals surface area contributed by atoms with Crippen molar-refractivity contribution in [2.45, 2.75) is 39.2 Å². The Kier molecular flexibility index (Phi) is 7.91. The van der Waals surface area contributed by atoms with Crippen molar-refractivity contribution < 1.29 is 9.47 Å². The fraction of sp³-hybridized carbons (Fsp3) is 1.00. The molecule has 0 unspecified atom stereocenters. The number of ether oxygens (including phenoxy) is 2. The Balaban J connectivity index is 2.02. The van der Waals surface area contributed by atoms with Crippen LogP contribution in [-0.4, -0.2) is 63.5 Å². The van der Waals surface area contributed by atoms with E-state index in [1.54, 1.807) is 7.11 Å². The molecule has 4 nitrogen and oxygen atoms in total. The number of nitrogens with zero attached hydrogens (tertiary/aromatic N) is 1. The standard InChI is InChI=1S/C15H32N2O2/c1-15(2,3)16-13-14-5-7-17(8-6-14)9-10-19-12-11-18-4/h14,16H,5-13H2,1-4H3. The number of nitrogens with one attached hydrogen (secondary N) is 1. The highest BCUT2D eigenvalue weighted by Gasteiger charge is 2.20. The Morgan fingerprint density at radius 1 is 1.11 bits per heavy atom. The Morgan fingerprint density at radius 2 is 1.79 bits per heavy atom. The molecule has 1 fully saturated rings. The van der Waals surface area contributed by atoms with Crippen LogP contribution in [0.15, 0.2) is 0 Å². The minimum Gasteiger partial charge on any atom is -0.382 e. The zero-order valence-electron chi connectivity index (χ0n) is 13.2. The highest BCUT2D eigenvalue weighted by Crippen LogP contribution is 2.17. The van der Waals surface area contributed by atoms with Crippen LogP contribution in [-0.2, 0) is 9.47 Å². The summed E-state index contributed by atoms with van der Waals surface area (Å²) in [5, 5.41) is 3.62. The van der Waals surface area contributed by atoms with Gasteiger partial charge in [-0.3, -0.25) is 0 Å². The molecule has 1 aliphatic rings. The van der Waals surface area contributed by atoms with E-state index in [0.717, 1.165) is 25.6 Å². The van der Waals surface area contributed by atoms with E-state index in [9.17, 15) is 0 Å². The first-order valence-corrected chi connectivity index (χ1v) is 7.55. The van der Waals surface area contributed by atoms with Crippen LogP contribution >= 0.6 is 0 Å². The molecule has 1 rings (SSSR count). The lowest BCUT2D eigenvalue weighted by Crippen LogP contribution is -2.43. The third kappa shape index (κ3) is 8.58. The largest absolute Gasteiger partial charge is 0.382 e. The van der Waals surface area contributed by atoms with Crippen molar-refractivity contribution >= 4 is 0 Å². The molecule has 0 aliphatic carbocycles. The van der Waals surface area contributed by atoms with Crippen LogP contribution in [0.3, 0.4) is 0 Å². The molecule has 0 aromatic heterocycles. The van der Waals surface area contributed by atoms with E-state index in [1.807, 2.05) is 0 Å². The van der Waals surface area contributed by atoms with E-state index in [2.05, 4.69) is 31.0 Å². The van der Waals surface area contributed by atoms with Crippen molar-refractivity contribution in [2.24, 2.45) is 5.92 Å². The van der Waals surface area contributed by atoms with Gasteiger partial charge in [0.2, 0.25) is 0 Å². The fourth-order valence-electron chi connectivity index (χ4n) is 2.30. The Hall–Kier alpha value is -0.160. The summed E-state index contributed by atoms with van der Waals surface area (Å²) in [7, 11) is 1.71. The summed E-state index contributed by atoms with van der Waals surface area (Å²) >= 11 is 0. The Bertz CT molecular complexity index is 221. The molecule has 114 valence electrons. The van der Waals surface area contributed by atoms with Gasteiger partial charge in [0, 0.05) is 19.2 Å². The molecular weight excluding hydrogens is 240 g/mol. The maximum atomic E-state index is 5.52. The number of piperidine rings is 1. The normalized spacial score (nSPS) is 18.9. The molecule has 1 N–H and O–H groups in total. The number of hydrogen-bond acceptors (Lipinski definition) is 4. The monoisotopic (exact) mass is 272 g/mol. The van der Waals surface area contributed by atoms with Crippen molar-refractivity contribution in [1.82, 2.24) is 10.2 Å². The van der Waals surface area contributed by atoms with E-state index in [4.69, 9.17) is 9.47 Å². The third-order valence-corrected chi connectivity index (χ3v) is 3.61. The van der Waals surface area contributed by atoms with Crippen LogP contribution in [0.25, 0.3) is 0 Å². The van der Waals surface area contributed by atoms with Gasteiger partial charge in [0.15, 0.2) is 0 Å². The van der Waals surface area contributed by atoms with Gasteiger partial charge in [-0.2, -0.15) is 0 Å². The van der Waals surface area contributed by atoms with Gasteiger partial charge in [-0.25, -0.2) is 0 Å². The van der Waals surface area contributed by atoms with Crippen molar-refractivity contribution in [3.63, 3.8) is 0 Å². The van der Waals surface area contributed by atoms with Crippen molar-refractivity contribution in [2.75, 3.05) is 53.1 Å². The van der Waals surface area contributed by atoms with E-state index < -0.39 is 0 Å². The molecular formula is C15H32N2O2. The SMILES string of the molecule is COCCOCCN1CCC(CNC(C)(C)C)CC1. The molecule has 0 spiro atoms. The summed E-state index contributed by atoms with van der Waals surface area (Å²) < 4.78 is 10.5. The third-order valence-electron chi connectivity index (χ3n) is 3.61. The summed E-state index contributed by atoms with van der Waals surface area (Å²) in [4.78, 5) is 2.51. The van der Waals surface area contributed by atoms with Crippen molar-refractivity contribution in [3.8, 4) is 0 Å². The van der Waals surface area contributed by atoms with Gasteiger partial charge in [0.25, 0.3) is 0 Å². The zero-order chi connectivity index (χ0) is 14.1. The van der Waals surface area contributed by atoms with Crippen LogP contribution in [0.1, 0.15) is 33.6 Å². The van der Waals surface area contributed by atoms with Gasteiger partial charge in [-0.15, -0.1) is 0 Å². The second kappa shape index (κ2) is 8.90. The van der Waals surface area contributed by atoms with Gasteiger partial charge in [-0.1, -0.05) is 0 Å². The highest BCUT2D eigenvalue weighted by molar-refractivity contribution is 4.77. The molecule has 0 radical (unpaired) electrons. The molecule has 4 heteroatoms. The summed E-state index contributed by atoms with van der Waals surface area (Å²) in [5.74, 6) is 0.838. The number of methoxy groups -OCH3 is 1. The first kappa shape index (κ1) is 16.9. The zero-order valence-corrected chi connectivity index (χ0v) is 13.2. The molecule has 0 bridgehead atoms. The second-order valence-corrected chi connectivity index (χ2v) is 6.52. The number of likely N-dealkylation sites (tertiary alicyclic amines) is 1. The first-order chi connectivity index (χ1) is 9.01. The Labute approximate surface area is 118 Å². The minimum atomic E-state index is 0.242. The lowest BCUT2D eigenvalue weighted by molar-refractivity contribution is 0.0508. The quantitative estimate of drug-likeness (QED) is 0.683. The van der Waals surface area contributed by atoms with Crippen molar-refractivity contribution in [1.29, 1.82) is 0 Å². The van der Waals surface area contributed by atoms with Crippen LogP contribution in [0, 0.1) is 5.92 Å². The van der Waals surface area contributed by atoms with Crippen LogP contribution in [0.4, 0.5) is 0 Å². The lowest BCUT2D eigenvalue weighted by Gasteiger charge is -2.33. The van der Waals surface area contributed by atoms with E-state index in [1.165, 1.54) is 25.9 Å². The molecule has 19 heavy (non-hydrogen) atoms. The fourth-order valence-corrected chi connectivity index (χ4v) is 2.30. The molecule has 0 amide bonds. The average Bonchev–Trinajstić information content (AvgIpc) is 2.37. The van der Waals surface area contributed by atoms with Gasteiger partial charge >= 0.3 is 0 Å². The maximum Gasteiger partial charge on any atom is 0.0700 e. The van der Waals surface area contributed by atoms with Crippen LogP contribution in [0.5, 0.6) is 0 Å². The maximum absolute atomic E-state index is 5.52. The first-order valence-electron chi connectivity index (χ1n) is 7.55. The highest BCUT2D eigenvalue weighted by atomic mass is 16.5. The predicted octanol–water partition coefficient (Wildman–Crippen LogP) is 1.75. The summed E-state index contributed by atoms with van der Waals surface area (Å²) in [6.07, 6.45) is 2.61. The molecule has 0 saturated carbocycles. The van der Waals surface area contributed by atoms with E-state index >= 15 is 0 Å². The topological polar surface area (TPSA) is 33.7 Å². The minimum absolute atomic E-state index is 0.242. The smallest absolute Gasteiger partial charge is 0.0700 e. The van der Waals surface area contributed by atoms with Crippen LogP contribution < -0.4 is 5.32 Å². The molecule has 0 atom stereocenters. The summed E-state index contributed by atoms with van der Waals surface area (Å²) in [5.41, 5.74) is 0.242. The molecule has 0 aromatic rings. The molecule has 1 aliphatic heterocycles.